The summed E-state index contributed by atoms with van der Waals surface area (Å²) in [5.41, 5.74) is 1.47. The van der Waals surface area contributed by atoms with Crippen LogP contribution in [-0.2, 0) is 16.1 Å². The maximum Gasteiger partial charge on any atom is 0.291 e. The maximum atomic E-state index is 12.2. The first-order valence-corrected chi connectivity index (χ1v) is 9.10. The molecule has 7 heteroatoms. The second-order valence-electron chi connectivity index (χ2n) is 6.53. The van der Waals surface area contributed by atoms with Gasteiger partial charge in [0.15, 0.2) is 5.76 Å². The normalized spacial score (nSPS) is 14.5. The van der Waals surface area contributed by atoms with Crippen LogP contribution in [0.1, 0.15) is 41.8 Å². The van der Waals surface area contributed by atoms with Crippen LogP contribution < -0.4 is 10.6 Å². The highest BCUT2D eigenvalue weighted by Crippen LogP contribution is 2.13. The van der Waals surface area contributed by atoms with Gasteiger partial charge in [0, 0.05) is 25.2 Å². The molecule has 2 aromatic rings. The minimum Gasteiger partial charge on any atom is -0.459 e. The van der Waals surface area contributed by atoms with E-state index in [0.29, 0.717) is 25.2 Å². The predicted octanol–water partition coefficient (Wildman–Crippen LogP) is 2.55. The smallest absolute Gasteiger partial charge is 0.291 e. The zero-order valence-corrected chi connectivity index (χ0v) is 15.1. The largest absolute Gasteiger partial charge is 0.459 e. The van der Waals surface area contributed by atoms with Gasteiger partial charge >= 0.3 is 0 Å². The van der Waals surface area contributed by atoms with E-state index in [4.69, 9.17) is 4.42 Å². The number of carbonyl (C=O) groups excluding carboxylic acids is 3. The number of rotatable bonds is 6. The average Bonchev–Trinajstić information content (AvgIpc) is 3.13. The van der Waals surface area contributed by atoms with Crippen molar-refractivity contribution in [1.82, 2.24) is 10.2 Å². The molecule has 2 N–H and O–H groups in total. The van der Waals surface area contributed by atoms with Crippen molar-refractivity contribution in [2.24, 2.45) is 0 Å². The van der Waals surface area contributed by atoms with Crippen molar-refractivity contribution in [2.75, 3.05) is 18.4 Å². The van der Waals surface area contributed by atoms with Gasteiger partial charge in [-0.05, 0) is 42.7 Å². The number of anilines is 1. The fourth-order valence-corrected chi connectivity index (χ4v) is 3.00. The van der Waals surface area contributed by atoms with Crippen molar-refractivity contribution in [3.05, 3.63) is 54.0 Å². The predicted molar refractivity (Wildman–Crippen MR) is 100.0 cm³/mol. The molecule has 0 atom stereocenters. The van der Waals surface area contributed by atoms with Gasteiger partial charge in [0.05, 0.1) is 12.8 Å². The summed E-state index contributed by atoms with van der Waals surface area (Å²) in [6.45, 7) is 1.06. The Morgan fingerprint density at radius 1 is 1.11 bits per heavy atom. The van der Waals surface area contributed by atoms with E-state index in [-0.39, 0.29) is 30.0 Å². The van der Waals surface area contributed by atoms with E-state index in [2.05, 4.69) is 10.6 Å². The van der Waals surface area contributed by atoms with Crippen LogP contribution in [0.4, 0.5) is 5.69 Å². The van der Waals surface area contributed by atoms with Crippen LogP contribution in [0.3, 0.4) is 0 Å². The van der Waals surface area contributed by atoms with Crippen molar-refractivity contribution in [2.45, 2.75) is 32.2 Å². The molecule has 7 nitrogen and oxygen atoms in total. The van der Waals surface area contributed by atoms with Crippen LogP contribution in [0.5, 0.6) is 0 Å². The van der Waals surface area contributed by atoms with Crippen LogP contribution in [0.2, 0.25) is 0 Å². The van der Waals surface area contributed by atoms with Gasteiger partial charge < -0.3 is 20.0 Å². The van der Waals surface area contributed by atoms with E-state index in [1.165, 1.54) is 6.26 Å². The molecule has 0 unspecified atom stereocenters. The van der Waals surface area contributed by atoms with Gasteiger partial charge in [-0.1, -0.05) is 18.6 Å². The lowest BCUT2D eigenvalue weighted by molar-refractivity contribution is -0.135. The van der Waals surface area contributed by atoms with Gasteiger partial charge in [0.2, 0.25) is 11.8 Å². The van der Waals surface area contributed by atoms with Gasteiger partial charge in [-0.3, -0.25) is 14.4 Å². The minimum absolute atomic E-state index is 0.0466. The molecule has 1 aliphatic heterocycles. The highest BCUT2D eigenvalue weighted by Gasteiger charge is 2.19. The van der Waals surface area contributed by atoms with E-state index < -0.39 is 0 Å². The van der Waals surface area contributed by atoms with Gasteiger partial charge in [-0.25, -0.2) is 0 Å². The molecule has 2 heterocycles. The molecule has 3 amide bonds. The van der Waals surface area contributed by atoms with Crippen LogP contribution in [0.15, 0.2) is 47.1 Å². The van der Waals surface area contributed by atoms with Crippen molar-refractivity contribution in [3.8, 4) is 0 Å². The Kier molecular flexibility index (Phi) is 6.25. The SMILES string of the molecule is O=C(CN1CCCCCC1=O)NCc1cccc(NC(=O)c2ccco2)c1. The number of nitrogens with one attached hydrogen (secondary N) is 2. The summed E-state index contributed by atoms with van der Waals surface area (Å²) >= 11 is 0. The molecule has 0 radical (unpaired) electrons. The Bertz CT molecular complexity index is 801. The number of benzene rings is 1. The Balaban J connectivity index is 1.51. The number of nitrogens with zero attached hydrogens (tertiary/aromatic N) is 1. The molecule has 1 aliphatic rings. The number of hydrogen-bond donors (Lipinski definition) is 2. The number of hydrogen-bond acceptors (Lipinski definition) is 4. The molecule has 1 fully saturated rings. The molecule has 0 spiro atoms. The molecule has 1 aromatic carbocycles. The summed E-state index contributed by atoms with van der Waals surface area (Å²) in [7, 11) is 0. The molecular formula is C20H23N3O4. The molecule has 0 aliphatic carbocycles. The lowest BCUT2D eigenvalue weighted by atomic mass is 10.2. The minimum atomic E-state index is -0.333. The fraction of sp³-hybridized carbons (Fsp3) is 0.350. The molecule has 3 rings (SSSR count). The maximum absolute atomic E-state index is 12.2. The highest BCUT2D eigenvalue weighted by atomic mass is 16.3. The van der Waals surface area contributed by atoms with Crippen molar-refractivity contribution in [1.29, 1.82) is 0 Å². The number of carbonyl (C=O) groups is 3. The molecule has 1 aromatic heterocycles. The molecule has 142 valence electrons. The first-order valence-electron chi connectivity index (χ1n) is 9.10. The van der Waals surface area contributed by atoms with E-state index in [1.54, 1.807) is 35.2 Å². The monoisotopic (exact) mass is 369 g/mol. The van der Waals surface area contributed by atoms with Crippen LogP contribution in [0, 0.1) is 0 Å². The van der Waals surface area contributed by atoms with E-state index in [9.17, 15) is 14.4 Å². The number of likely N-dealkylation sites (tertiary alicyclic amines) is 1. The second-order valence-corrected chi connectivity index (χ2v) is 6.53. The first kappa shape index (κ1) is 18.7. The molecule has 1 saturated heterocycles. The van der Waals surface area contributed by atoms with E-state index in [1.807, 2.05) is 6.07 Å². The molecule has 27 heavy (non-hydrogen) atoms. The van der Waals surface area contributed by atoms with Gasteiger partial charge in [-0.2, -0.15) is 0 Å². The Morgan fingerprint density at radius 3 is 2.81 bits per heavy atom. The number of amides is 3. The lowest BCUT2D eigenvalue weighted by Crippen LogP contribution is -2.40. The molecular weight excluding hydrogens is 346 g/mol. The summed E-state index contributed by atoms with van der Waals surface area (Å²) in [6, 6.07) is 10.5. The Morgan fingerprint density at radius 2 is 2.00 bits per heavy atom. The average molecular weight is 369 g/mol. The van der Waals surface area contributed by atoms with Gasteiger partial charge in [0.1, 0.15) is 0 Å². The van der Waals surface area contributed by atoms with Crippen LogP contribution in [0.25, 0.3) is 0 Å². The lowest BCUT2D eigenvalue weighted by Gasteiger charge is -2.19. The third-order valence-electron chi connectivity index (χ3n) is 4.43. The summed E-state index contributed by atoms with van der Waals surface area (Å²) < 4.78 is 5.07. The summed E-state index contributed by atoms with van der Waals surface area (Å²) in [5.74, 6) is -0.239. The van der Waals surface area contributed by atoms with E-state index in [0.717, 1.165) is 24.8 Å². The van der Waals surface area contributed by atoms with Crippen LogP contribution >= 0.6 is 0 Å². The number of furan rings is 1. The highest BCUT2D eigenvalue weighted by molar-refractivity contribution is 6.02. The van der Waals surface area contributed by atoms with E-state index >= 15 is 0 Å². The Labute approximate surface area is 157 Å². The third kappa shape index (κ3) is 5.44. The topological polar surface area (TPSA) is 91.7 Å². The van der Waals surface area contributed by atoms with Crippen LogP contribution in [-0.4, -0.2) is 35.7 Å². The van der Waals surface area contributed by atoms with Gasteiger partial charge in [0.25, 0.3) is 5.91 Å². The second kappa shape index (κ2) is 9.02. The Hall–Kier alpha value is -3.09. The molecule has 0 bridgehead atoms. The summed E-state index contributed by atoms with van der Waals surface area (Å²) in [5, 5.41) is 5.58. The van der Waals surface area contributed by atoms with Crippen molar-refractivity contribution < 1.29 is 18.8 Å². The summed E-state index contributed by atoms with van der Waals surface area (Å²) in [6.07, 6.45) is 4.82. The zero-order chi connectivity index (χ0) is 19.1. The fourth-order valence-electron chi connectivity index (χ4n) is 3.00. The van der Waals surface area contributed by atoms with Gasteiger partial charge in [-0.15, -0.1) is 0 Å². The quantitative estimate of drug-likeness (QED) is 0.819. The molecule has 0 saturated carbocycles. The van der Waals surface area contributed by atoms with Crippen molar-refractivity contribution in [3.63, 3.8) is 0 Å². The zero-order valence-electron chi connectivity index (χ0n) is 15.1. The standard InChI is InChI=1S/C20H23N3O4/c24-18(14-23-10-3-1-2-9-19(23)25)21-13-15-6-4-7-16(12-15)22-20(26)17-8-5-11-27-17/h4-8,11-12H,1-3,9-10,13-14H2,(H,21,24)(H,22,26). The van der Waals surface area contributed by atoms with Crippen molar-refractivity contribution >= 4 is 23.4 Å². The summed E-state index contributed by atoms with van der Waals surface area (Å²) in [4.78, 5) is 37.8. The first-order chi connectivity index (χ1) is 13.1. The third-order valence-corrected chi connectivity index (χ3v) is 4.43.